The lowest BCUT2D eigenvalue weighted by Gasteiger charge is -1.95. The Kier molecular flexibility index (Phi) is 3.33. The molecule has 2 heterocycles. The number of H-pyrrole nitrogens is 1. The third-order valence-electron chi connectivity index (χ3n) is 2.88. The van der Waals surface area contributed by atoms with E-state index in [1.54, 1.807) is 17.5 Å². The molecule has 3 rings (SSSR count). The first kappa shape index (κ1) is 13.2. The van der Waals surface area contributed by atoms with E-state index < -0.39 is 0 Å². The van der Waals surface area contributed by atoms with Gasteiger partial charge in [-0.15, -0.1) is 5.10 Å². The van der Waals surface area contributed by atoms with E-state index in [2.05, 4.69) is 43.9 Å². The molecule has 7 nitrogen and oxygen atoms in total. The summed E-state index contributed by atoms with van der Waals surface area (Å²) in [5.74, 6) is 0.318. The van der Waals surface area contributed by atoms with Crippen LogP contribution in [0.4, 0.5) is 5.13 Å². The summed E-state index contributed by atoms with van der Waals surface area (Å²) in [5.41, 5.74) is 3.64. The van der Waals surface area contributed by atoms with Crippen LogP contribution in [0.2, 0.25) is 0 Å². The Labute approximate surface area is 124 Å². The van der Waals surface area contributed by atoms with Gasteiger partial charge in [0, 0.05) is 6.20 Å². The monoisotopic (exact) mass is 297 g/mol. The molecule has 0 bridgehead atoms. The highest BCUT2D eigenvalue weighted by Gasteiger charge is 2.08. The summed E-state index contributed by atoms with van der Waals surface area (Å²) in [4.78, 5) is 4.51. The molecule has 0 amide bonds. The second kappa shape index (κ2) is 5.30. The van der Waals surface area contributed by atoms with Gasteiger partial charge in [0.2, 0.25) is 0 Å². The topological polar surface area (TPSA) is 103 Å². The molecule has 1 aromatic carbocycles. The fraction of sp³-hybridized carbons (Fsp3) is 0.154. The van der Waals surface area contributed by atoms with Crippen LogP contribution in [0.3, 0.4) is 0 Å². The number of nitrogens with zero attached hydrogens (tertiary/aromatic N) is 5. The van der Waals surface area contributed by atoms with Crippen LogP contribution in [0.15, 0.2) is 18.3 Å². The Bertz CT molecular complexity index is 855. The fourth-order valence-electron chi connectivity index (χ4n) is 2.00. The number of hydrogen-bond donors (Lipinski definition) is 2. The van der Waals surface area contributed by atoms with Crippen LogP contribution in [-0.2, 0) is 0 Å². The SMILES string of the molecule is Cc1cc(C)c2sc(NC=C(C#N)c3nnn[nH]3)nc2c1. The van der Waals surface area contributed by atoms with Crippen molar-refractivity contribution in [3.05, 3.63) is 35.3 Å². The maximum atomic E-state index is 9.11. The Balaban J connectivity index is 1.92. The summed E-state index contributed by atoms with van der Waals surface area (Å²) >= 11 is 1.54. The predicted octanol–water partition coefficient (Wildman–Crippen LogP) is 2.40. The minimum Gasteiger partial charge on any atom is -0.337 e. The zero-order chi connectivity index (χ0) is 14.8. The number of benzene rings is 1. The molecule has 0 aliphatic heterocycles. The van der Waals surface area contributed by atoms with Crippen molar-refractivity contribution in [2.75, 3.05) is 5.32 Å². The summed E-state index contributed by atoms with van der Waals surface area (Å²) in [6.07, 6.45) is 1.54. The van der Waals surface area contributed by atoms with Crippen LogP contribution in [0.5, 0.6) is 0 Å². The first-order valence-corrected chi connectivity index (χ1v) is 6.97. The number of thiazole rings is 1. The van der Waals surface area contributed by atoms with E-state index in [-0.39, 0.29) is 0 Å². The first-order valence-electron chi connectivity index (χ1n) is 6.16. The van der Waals surface area contributed by atoms with E-state index in [9.17, 15) is 0 Å². The number of nitriles is 1. The van der Waals surface area contributed by atoms with Crippen molar-refractivity contribution < 1.29 is 0 Å². The third-order valence-corrected chi connectivity index (χ3v) is 4.02. The minimum absolute atomic E-state index is 0.312. The average molecular weight is 297 g/mol. The second-order valence-corrected chi connectivity index (χ2v) is 5.51. The fourth-order valence-corrected chi connectivity index (χ4v) is 2.88. The van der Waals surface area contributed by atoms with Gasteiger partial charge in [0.15, 0.2) is 11.0 Å². The van der Waals surface area contributed by atoms with Gasteiger partial charge in [0.05, 0.1) is 10.2 Å². The van der Waals surface area contributed by atoms with Crippen molar-refractivity contribution in [3.63, 3.8) is 0 Å². The van der Waals surface area contributed by atoms with E-state index >= 15 is 0 Å². The second-order valence-electron chi connectivity index (χ2n) is 4.51. The Morgan fingerprint density at radius 3 is 3.00 bits per heavy atom. The van der Waals surface area contributed by atoms with E-state index in [1.165, 1.54) is 11.1 Å². The zero-order valence-corrected chi connectivity index (χ0v) is 12.2. The van der Waals surface area contributed by atoms with Crippen molar-refractivity contribution in [1.29, 1.82) is 5.26 Å². The van der Waals surface area contributed by atoms with E-state index in [0.717, 1.165) is 15.3 Å². The molecule has 104 valence electrons. The maximum absolute atomic E-state index is 9.11. The van der Waals surface area contributed by atoms with Crippen molar-refractivity contribution in [3.8, 4) is 6.07 Å². The largest absolute Gasteiger partial charge is 0.337 e. The van der Waals surface area contributed by atoms with Crippen LogP contribution in [0.1, 0.15) is 17.0 Å². The molecule has 8 heteroatoms. The molecule has 0 saturated carbocycles. The van der Waals surface area contributed by atoms with Crippen LogP contribution in [0.25, 0.3) is 15.8 Å². The molecule has 0 saturated heterocycles. The third kappa shape index (κ3) is 2.59. The van der Waals surface area contributed by atoms with Gasteiger partial charge in [-0.1, -0.05) is 17.4 Å². The number of rotatable bonds is 3. The lowest BCUT2D eigenvalue weighted by molar-refractivity contribution is 0.881. The molecule has 0 fully saturated rings. The molecule has 0 aliphatic carbocycles. The molecule has 21 heavy (non-hydrogen) atoms. The van der Waals surface area contributed by atoms with Crippen molar-refractivity contribution in [2.24, 2.45) is 0 Å². The van der Waals surface area contributed by atoms with E-state index in [1.807, 2.05) is 19.1 Å². The van der Waals surface area contributed by atoms with Crippen LogP contribution < -0.4 is 5.32 Å². The Morgan fingerprint density at radius 2 is 2.29 bits per heavy atom. The molecule has 0 spiro atoms. The number of hydrogen-bond acceptors (Lipinski definition) is 7. The molecular formula is C13H11N7S. The van der Waals surface area contributed by atoms with Gasteiger partial charge in [-0.25, -0.2) is 10.1 Å². The number of aryl methyl sites for hydroxylation is 2. The smallest absolute Gasteiger partial charge is 0.191 e. The van der Waals surface area contributed by atoms with Crippen molar-refractivity contribution >= 4 is 32.3 Å². The highest BCUT2D eigenvalue weighted by Crippen LogP contribution is 2.29. The molecule has 0 radical (unpaired) electrons. The average Bonchev–Trinajstić information content (AvgIpc) is 3.08. The summed E-state index contributed by atoms with van der Waals surface area (Å²) in [5, 5.41) is 26.0. The van der Waals surface area contributed by atoms with Gasteiger partial charge < -0.3 is 5.32 Å². The number of aromatic amines is 1. The molecule has 0 unspecified atom stereocenters. The summed E-state index contributed by atoms with van der Waals surface area (Å²) in [6.45, 7) is 4.11. The lowest BCUT2D eigenvalue weighted by Crippen LogP contribution is -1.92. The van der Waals surface area contributed by atoms with Gasteiger partial charge in [-0.3, -0.25) is 0 Å². The molecule has 0 atom stereocenters. The van der Waals surface area contributed by atoms with Gasteiger partial charge >= 0.3 is 0 Å². The van der Waals surface area contributed by atoms with Gasteiger partial charge in [-0.05, 0) is 41.5 Å². The molecule has 3 aromatic rings. The Morgan fingerprint density at radius 1 is 1.43 bits per heavy atom. The first-order chi connectivity index (χ1) is 10.2. The quantitative estimate of drug-likeness (QED) is 0.719. The highest BCUT2D eigenvalue weighted by atomic mass is 32.1. The molecule has 2 aromatic heterocycles. The number of allylic oxidation sites excluding steroid dienone is 1. The standard InChI is InChI=1S/C13H11N7S/c1-7-3-8(2)11-10(4-7)16-13(21-11)15-6-9(5-14)12-17-19-20-18-12/h3-4,6H,1-2H3,(H,15,16)(H,17,18,19,20). The number of tetrazole rings is 1. The molecule has 0 aliphatic rings. The zero-order valence-electron chi connectivity index (χ0n) is 11.4. The van der Waals surface area contributed by atoms with Crippen LogP contribution in [0, 0.1) is 25.2 Å². The number of anilines is 1. The summed E-state index contributed by atoms with van der Waals surface area (Å²) in [7, 11) is 0. The van der Waals surface area contributed by atoms with Gasteiger partial charge in [0.25, 0.3) is 0 Å². The van der Waals surface area contributed by atoms with Crippen molar-refractivity contribution in [1.82, 2.24) is 25.6 Å². The predicted molar refractivity (Wildman–Crippen MR) is 80.5 cm³/mol. The molecule has 2 N–H and O–H groups in total. The maximum Gasteiger partial charge on any atom is 0.191 e. The number of aromatic nitrogens is 5. The van der Waals surface area contributed by atoms with Gasteiger partial charge in [-0.2, -0.15) is 5.26 Å². The lowest BCUT2D eigenvalue weighted by atomic mass is 10.1. The molecular weight excluding hydrogens is 286 g/mol. The van der Waals surface area contributed by atoms with Crippen LogP contribution in [-0.4, -0.2) is 25.6 Å². The minimum atomic E-state index is 0.312. The number of fused-ring (bicyclic) bond motifs is 1. The van der Waals surface area contributed by atoms with Crippen LogP contribution >= 0.6 is 11.3 Å². The Hall–Kier alpha value is -2.79. The van der Waals surface area contributed by atoms with Gasteiger partial charge in [0.1, 0.15) is 11.6 Å². The number of nitrogens with one attached hydrogen (secondary N) is 2. The van der Waals surface area contributed by atoms with E-state index in [4.69, 9.17) is 5.26 Å². The highest BCUT2D eigenvalue weighted by molar-refractivity contribution is 7.22. The van der Waals surface area contributed by atoms with E-state index in [0.29, 0.717) is 11.4 Å². The summed E-state index contributed by atoms with van der Waals surface area (Å²) in [6, 6.07) is 6.20. The summed E-state index contributed by atoms with van der Waals surface area (Å²) < 4.78 is 1.14. The van der Waals surface area contributed by atoms with Crippen molar-refractivity contribution in [2.45, 2.75) is 13.8 Å². The normalized spacial score (nSPS) is 11.6.